The van der Waals surface area contributed by atoms with E-state index in [1.807, 2.05) is 24.4 Å². The van der Waals surface area contributed by atoms with E-state index >= 15 is 0 Å². The van der Waals surface area contributed by atoms with E-state index in [1.54, 1.807) is 12.3 Å². The first-order chi connectivity index (χ1) is 12.2. The molecule has 1 aliphatic heterocycles. The predicted molar refractivity (Wildman–Crippen MR) is 96.0 cm³/mol. The molecule has 2 aromatic rings. The fraction of sp³-hybridized carbons (Fsp3) is 0.474. The quantitative estimate of drug-likeness (QED) is 0.872. The van der Waals surface area contributed by atoms with Gasteiger partial charge in [-0.25, -0.2) is 9.97 Å². The largest absolute Gasteiger partial charge is 0.350 e. The van der Waals surface area contributed by atoms with E-state index in [0.29, 0.717) is 18.2 Å². The molecule has 0 unspecified atom stereocenters. The lowest BCUT2D eigenvalue weighted by atomic mass is 9.97. The zero-order valence-electron chi connectivity index (χ0n) is 14.7. The van der Waals surface area contributed by atoms with Crippen LogP contribution in [0.3, 0.4) is 0 Å². The zero-order valence-corrected chi connectivity index (χ0v) is 14.7. The summed E-state index contributed by atoms with van der Waals surface area (Å²) in [6, 6.07) is 7.37. The van der Waals surface area contributed by atoms with Gasteiger partial charge in [0.25, 0.3) is 5.91 Å². The van der Waals surface area contributed by atoms with Gasteiger partial charge in [0.15, 0.2) is 0 Å². The molecule has 0 saturated carbocycles. The van der Waals surface area contributed by atoms with Crippen molar-refractivity contribution in [1.82, 2.24) is 25.2 Å². The molecule has 0 radical (unpaired) electrons. The van der Waals surface area contributed by atoms with Gasteiger partial charge < -0.3 is 5.32 Å². The van der Waals surface area contributed by atoms with Crippen molar-refractivity contribution in [3.8, 4) is 0 Å². The highest BCUT2D eigenvalue weighted by Gasteiger charge is 2.21. The van der Waals surface area contributed by atoms with Crippen LogP contribution in [0.2, 0.25) is 0 Å². The highest BCUT2D eigenvalue weighted by molar-refractivity contribution is 5.92. The minimum absolute atomic E-state index is 0.0962. The lowest BCUT2D eigenvalue weighted by Crippen LogP contribution is -2.40. The van der Waals surface area contributed by atoms with Crippen molar-refractivity contribution in [3.05, 3.63) is 53.9 Å². The van der Waals surface area contributed by atoms with Gasteiger partial charge in [0.2, 0.25) is 0 Å². The van der Waals surface area contributed by atoms with Crippen molar-refractivity contribution in [2.75, 3.05) is 19.6 Å². The third-order valence-corrected chi connectivity index (χ3v) is 4.52. The van der Waals surface area contributed by atoms with Gasteiger partial charge in [-0.2, -0.15) is 0 Å². The Morgan fingerprint density at radius 1 is 1.28 bits per heavy atom. The van der Waals surface area contributed by atoms with Crippen LogP contribution in [0.1, 0.15) is 41.8 Å². The molecule has 3 heterocycles. The van der Waals surface area contributed by atoms with Gasteiger partial charge in [0.1, 0.15) is 11.5 Å². The fourth-order valence-electron chi connectivity index (χ4n) is 3.21. The van der Waals surface area contributed by atoms with Crippen LogP contribution < -0.4 is 5.32 Å². The van der Waals surface area contributed by atoms with Crippen LogP contribution in [0.25, 0.3) is 0 Å². The maximum Gasteiger partial charge on any atom is 0.269 e. The van der Waals surface area contributed by atoms with Gasteiger partial charge in [-0.1, -0.05) is 13.0 Å². The van der Waals surface area contributed by atoms with Gasteiger partial charge in [-0.05, 0) is 43.5 Å². The van der Waals surface area contributed by atoms with Gasteiger partial charge in [-0.15, -0.1) is 0 Å². The molecular formula is C19H25N5O. The van der Waals surface area contributed by atoms with E-state index in [1.165, 1.54) is 0 Å². The summed E-state index contributed by atoms with van der Waals surface area (Å²) in [5, 5.41) is 3.02. The first kappa shape index (κ1) is 17.5. The predicted octanol–water partition coefficient (Wildman–Crippen LogP) is 2.08. The Hall–Kier alpha value is -2.34. The van der Waals surface area contributed by atoms with Crippen molar-refractivity contribution in [3.63, 3.8) is 0 Å². The van der Waals surface area contributed by atoms with Crippen molar-refractivity contribution in [2.24, 2.45) is 5.92 Å². The smallest absolute Gasteiger partial charge is 0.269 e. The second kappa shape index (κ2) is 8.67. The molecule has 3 rings (SSSR count). The molecule has 25 heavy (non-hydrogen) atoms. The number of nitrogens with zero attached hydrogens (tertiary/aromatic N) is 4. The molecule has 6 nitrogen and oxygen atoms in total. The Kier molecular flexibility index (Phi) is 6.06. The lowest BCUT2D eigenvalue weighted by Gasteiger charge is -2.32. The molecule has 0 bridgehead atoms. The SMILES string of the molecule is CCc1nccc(CN2CCC[C@@H](CNC(=O)c3ccccn3)C2)n1. The molecule has 1 N–H and O–H groups in total. The van der Waals surface area contributed by atoms with Crippen LogP contribution in [0.15, 0.2) is 36.7 Å². The van der Waals surface area contributed by atoms with Crippen LogP contribution in [0, 0.1) is 5.92 Å². The number of amides is 1. The second-order valence-corrected chi connectivity index (χ2v) is 6.49. The topological polar surface area (TPSA) is 71.0 Å². The summed E-state index contributed by atoms with van der Waals surface area (Å²) in [7, 11) is 0. The van der Waals surface area contributed by atoms with E-state index < -0.39 is 0 Å². The van der Waals surface area contributed by atoms with Crippen molar-refractivity contribution in [1.29, 1.82) is 0 Å². The van der Waals surface area contributed by atoms with Crippen LogP contribution in [-0.4, -0.2) is 45.4 Å². The Morgan fingerprint density at radius 3 is 3.00 bits per heavy atom. The summed E-state index contributed by atoms with van der Waals surface area (Å²) in [5.41, 5.74) is 1.55. The zero-order chi connectivity index (χ0) is 17.5. The van der Waals surface area contributed by atoms with Crippen LogP contribution >= 0.6 is 0 Å². The Labute approximate surface area is 148 Å². The first-order valence-corrected chi connectivity index (χ1v) is 8.97. The lowest BCUT2D eigenvalue weighted by molar-refractivity contribution is 0.0925. The van der Waals surface area contributed by atoms with Crippen LogP contribution in [0.4, 0.5) is 0 Å². The summed E-state index contributed by atoms with van der Waals surface area (Å²) in [6.07, 6.45) is 6.63. The number of pyridine rings is 1. The molecular weight excluding hydrogens is 314 g/mol. The average Bonchev–Trinajstić information content (AvgIpc) is 2.67. The van der Waals surface area contributed by atoms with E-state index in [0.717, 1.165) is 50.4 Å². The summed E-state index contributed by atoms with van der Waals surface area (Å²) in [4.78, 5) is 27.5. The number of aromatic nitrogens is 3. The molecule has 0 spiro atoms. The Bertz CT molecular complexity index is 691. The molecule has 132 valence electrons. The maximum absolute atomic E-state index is 12.1. The van der Waals surface area contributed by atoms with E-state index in [2.05, 4.69) is 32.1 Å². The molecule has 0 aliphatic carbocycles. The molecule has 1 saturated heterocycles. The maximum atomic E-state index is 12.1. The number of carbonyl (C=O) groups is 1. The number of nitrogens with one attached hydrogen (secondary N) is 1. The van der Waals surface area contributed by atoms with E-state index in [4.69, 9.17) is 0 Å². The summed E-state index contributed by atoms with van der Waals surface area (Å²) in [5.74, 6) is 1.27. The van der Waals surface area contributed by atoms with Crippen molar-refractivity contribution >= 4 is 5.91 Å². The summed E-state index contributed by atoms with van der Waals surface area (Å²) in [6.45, 7) is 5.67. The Balaban J connectivity index is 1.50. The third kappa shape index (κ3) is 5.06. The molecule has 0 aromatic carbocycles. The fourth-order valence-corrected chi connectivity index (χ4v) is 3.21. The van der Waals surface area contributed by atoms with E-state index in [9.17, 15) is 4.79 Å². The van der Waals surface area contributed by atoms with Crippen molar-refractivity contribution < 1.29 is 4.79 Å². The molecule has 1 amide bonds. The van der Waals surface area contributed by atoms with Crippen LogP contribution in [0.5, 0.6) is 0 Å². The van der Waals surface area contributed by atoms with Crippen molar-refractivity contribution in [2.45, 2.75) is 32.7 Å². The number of piperidine rings is 1. The standard InChI is InChI=1S/C19H25N5O/c1-2-18-21-10-8-16(23-18)14-24-11-5-6-15(13-24)12-22-19(25)17-7-3-4-9-20-17/h3-4,7-10,15H,2,5-6,11-14H2,1H3,(H,22,25)/t15-/m0/s1. The van der Waals surface area contributed by atoms with Gasteiger partial charge in [0.05, 0.1) is 5.69 Å². The molecule has 1 fully saturated rings. The minimum Gasteiger partial charge on any atom is -0.350 e. The Morgan fingerprint density at radius 2 is 2.20 bits per heavy atom. The van der Waals surface area contributed by atoms with Crippen LogP contribution in [-0.2, 0) is 13.0 Å². The molecule has 1 atom stereocenters. The third-order valence-electron chi connectivity index (χ3n) is 4.52. The number of aryl methyl sites for hydroxylation is 1. The van der Waals surface area contributed by atoms with Gasteiger partial charge in [-0.3, -0.25) is 14.7 Å². The second-order valence-electron chi connectivity index (χ2n) is 6.49. The number of carbonyl (C=O) groups excluding carboxylic acids is 1. The molecule has 2 aromatic heterocycles. The molecule has 1 aliphatic rings. The number of likely N-dealkylation sites (tertiary alicyclic amines) is 1. The number of hydrogen-bond acceptors (Lipinski definition) is 5. The molecule has 6 heteroatoms. The van der Waals surface area contributed by atoms with Gasteiger partial charge in [0, 0.05) is 38.4 Å². The average molecular weight is 339 g/mol. The normalized spacial score (nSPS) is 18.0. The van der Waals surface area contributed by atoms with Gasteiger partial charge >= 0.3 is 0 Å². The minimum atomic E-state index is -0.0962. The number of hydrogen-bond donors (Lipinski definition) is 1. The monoisotopic (exact) mass is 339 g/mol. The van der Waals surface area contributed by atoms with E-state index in [-0.39, 0.29) is 5.91 Å². The highest BCUT2D eigenvalue weighted by atomic mass is 16.1. The first-order valence-electron chi connectivity index (χ1n) is 8.97. The number of rotatable bonds is 6. The summed E-state index contributed by atoms with van der Waals surface area (Å²) < 4.78 is 0. The summed E-state index contributed by atoms with van der Waals surface area (Å²) >= 11 is 0. The highest BCUT2D eigenvalue weighted by Crippen LogP contribution is 2.17.